The van der Waals surface area contributed by atoms with Gasteiger partial charge in [-0.15, -0.1) is 11.8 Å². The zero-order chi connectivity index (χ0) is 13.7. The third-order valence-corrected chi connectivity index (χ3v) is 4.51. The third-order valence-electron chi connectivity index (χ3n) is 2.43. The maximum Gasteiger partial charge on any atom is 0.155 e. The molecule has 2 aromatic rings. The molecule has 0 N–H and O–H groups in total. The fourth-order valence-electron chi connectivity index (χ4n) is 1.63. The van der Waals surface area contributed by atoms with Crippen molar-refractivity contribution in [3.05, 3.63) is 60.2 Å². The SMILES string of the molecule is CC(C)(F)Sc1ccc(SCc2ccccc2)cc1. The lowest BCUT2D eigenvalue weighted by molar-refractivity contribution is 0.346. The van der Waals surface area contributed by atoms with Gasteiger partial charge >= 0.3 is 0 Å². The van der Waals surface area contributed by atoms with Gasteiger partial charge in [-0.05, 0) is 43.7 Å². The number of halogens is 1. The van der Waals surface area contributed by atoms with Crippen molar-refractivity contribution in [3.63, 3.8) is 0 Å². The molecule has 0 amide bonds. The summed E-state index contributed by atoms with van der Waals surface area (Å²) in [5, 5.41) is -1.22. The third kappa shape index (κ3) is 5.29. The van der Waals surface area contributed by atoms with E-state index in [1.165, 1.54) is 22.2 Å². The summed E-state index contributed by atoms with van der Waals surface area (Å²) in [5.74, 6) is 0.960. The van der Waals surface area contributed by atoms with E-state index in [1.54, 1.807) is 25.6 Å². The lowest BCUT2D eigenvalue weighted by Crippen LogP contribution is -2.03. The van der Waals surface area contributed by atoms with Crippen LogP contribution in [0.4, 0.5) is 4.39 Å². The van der Waals surface area contributed by atoms with Crippen molar-refractivity contribution in [1.82, 2.24) is 0 Å². The predicted molar refractivity (Wildman–Crippen MR) is 83.5 cm³/mol. The van der Waals surface area contributed by atoms with E-state index in [4.69, 9.17) is 0 Å². The number of hydrogen-bond donors (Lipinski definition) is 0. The van der Waals surface area contributed by atoms with Crippen LogP contribution in [0.25, 0.3) is 0 Å². The molecule has 0 heterocycles. The molecule has 0 aliphatic rings. The Balaban J connectivity index is 1.92. The molecule has 0 aliphatic carbocycles. The number of benzene rings is 2. The molecule has 100 valence electrons. The minimum Gasteiger partial charge on any atom is -0.232 e. The summed E-state index contributed by atoms with van der Waals surface area (Å²) in [6.45, 7) is 3.16. The van der Waals surface area contributed by atoms with Crippen LogP contribution in [0.3, 0.4) is 0 Å². The van der Waals surface area contributed by atoms with Gasteiger partial charge in [0.05, 0.1) is 0 Å². The summed E-state index contributed by atoms with van der Waals surface area (Å²) in [7, 11) is 0. The van der Waals surface area contributed by atoms with Crippen molar-refractivity contribution in [2.75, 3.05) is 0 Å². The summed E-state index contributed by atoms with van der Waals surface area (Å²) in [5.41, 5.74) is 1.32. The normalized spacial score (nSPS) is 11.5. The van der Waals surface area contributed by atoms with Gasteiger partial charge in [-0.1, -0.05) is 42.1 Å². The molecule has 2 aromatic carbocycles. The smallest absolute Gasteiger partial charge is 0.155 e. The van der Waals surface area contributed by atoms with E-state index in [1.807, 2.05) is 18.2 Å². The molecular formula is C16H17FS2. The quantitative estimate of drug-likeness (QED) is 0.641. The lowest BCUT2D eigenvalue weighted by atomic mass is 10.2. The van der Waals surface area contributed by atoms with Gasteiger partial charge in [0.25, 0.3) is 0 Å². The fourth-order valence-corrected chi connectivity index (χ4v) is 3.31. The zero-order valence-corrected chi connectivity index (χ0v) is 12.7. The average Bonchev–Trinajstić information content (AvgIpc) is 2.37. The number of hydrogen-bond acceptors (Lipinski definition) is 2. The van der Waals surface area contributed by atoms with Crippen LogP contribution >= 0.6 is 23.5 Å². The van der Waals surface area contributed by atoms with Crippen LogP contribution < -0.4 is 0 Å². The van der Waals surface area contributed by atoms with Gasteiger partial charge in [-0.2, -0.15) is 0 Å². The molecule has 0 unspecified atom stereocenters. The van der Waals surface area contributed by atoms with Gasteiger partial charge in [0.1, 0.15) is 0 Å². The monoisotopic (exact) mass is 292 g/mol. The Morgan fingerprint density at radius 2 is 1.47 bits per heavy atom. The minimum absolute atomic E-state index is 0.960. The predicted octanol–water partition coefficient (Wildman–Crippen LogP) is 5.78. The summed E-state index contributed by atoms with van der Waals surface area (Å²) in [6, 6.07) is 18.5. The molecule has 0 aliphatic heterocycles. The molecule has 3 heteroatoms. The van der Waals surface area contributed by atoms with Crippen molar-refractivity contribution in [1.29, 1.82) is 0 Å². The van der Waals surface area contributed by atoms with Crippen LogP contribution in [-0.4, -0.2) is 5.00 Å². The van der Waals surface area contributed by atoms with E-state index in [0.717, 1.165) is 10.6 Å². The van der Waals surface area contributed by atoms with Gasteiger partial charge < -0.3 is 0 Å². The molecule has 19 heavy (non-hydrogen) atoms. The largest absolute Gasteiger partial charge is 0.232 e. The van der Waals surface area contributed by atoms with E-state index in [-0.39, 0.29) is 0 Å². The van der Waals surface area contributed by atoms with E-state index >= 15 is 0 Å². The first kappa shape index (κ1) is 14.5. The highest BCUT2D eigenvalue weighted by Gasteiger charge is 2.16. The fraction of sp³-hybridized carbons (Fsp3) is 0.250. The van der Waals surface area contributed by atoms with Gasteiger partial charge in [-0.3, -0.25) is 0 Å². The van der Waals surface area contributed by atoms with Crippen molar-refractivity contribution in [2.24, 2.45) is 0 Å². The highest BCUT2D eigenvalue weighted by atomic mass is 32.2. The summed E-state index contributed by atoms with van der Waals surface area (Å²) < 4.78 is 13.5. The van der Waals surface area contributed by atoms with Crippen LogP contribution in [-0.2, 0) is 5.75 Å². The first-order valence-corrected chi connectivity index (χ1v) is 7.98. The minimum atomic E-state index is -1.22. The van der Waals surface area contributed by atoms with Crippen LogP contribution in [0.15, 0.2) is 64.4 Å². The van der Waals surface area contributed by atoms with Crippen LogP contribution in [0.5, 0.6) is 0 Å². The second-order valence-electron chi connectivity index (χ2n) is 4.71. The van der Waals surface area contributed by atoms with E-state index in [0.29, 0.717) is 0 Å². The standard InChI is InChI=1S/C16H17FS2/c1-16(2,17)19-15-10-8-14(9-11-15)18-12-13-6-4-3-5-7-13/h3-11H,12H2,1-2H3. The Morgan fingerprint density at radius 3 is 2.05 bits per heavy atom. The van der Waals surface area contributed by atoms with E-state index in [9.17, 15) is 4.39 Å². The molecule has 0 saturated carbocycles. The number of alkyl halides is 1. The molecule has 0 bridgehead atoms. The van der Waals surface area contributed by atoms with E-state index < -0.39 is 5.00 Å². The molecule has 0 radical (unpaired) electrons. The molecule has 2 rings (SSSR count). The maximum absolute atomic E-state index is 13.5. The highest BCUT2D eigenvalue weighted by Crippen LogP contribution is 2.34. The Labute approximate surface area is 122 Å². The molecule has 0 fully saturated rings. The molecule has 0 aromatic heterocycles. The zero-order valence-electron chi connectivity index (χ0n) is 11.1. The molecule has 0 atom stereocenters. The Bertz CT molecular complexity index is 501. The van der Waals surface area contributed by atoms with Crippen molar-refractivity contribution >= 4 is 23.5 Å². The molecular weight excluding hydrogens is 275 g/mol. The first-order valence-electron chi connectivity index (χ1n) is 6.18. The van der Waals surface area contributed by atoms with E-state index in [2.05, 4.69) is 36.4 Å². The maximum atomic E-state index is 13.5. The van der Waals surface area contributed by atoms with Gasteiger partial charge in [0.2, 0.25) is 0 Å². The summed E-state index contributed by atoms with van der Waals surface area (Å²) >= 11 is 3.05. The van der Waals surface area contributed by atoms with Gasteiger partial charge in [0.15, 0.2) is 5.00 Å². The van der Waals surface area contributed by atoms with Crippen LogP contribution in [0, 0.1) is 0 Å². The van der Waals surface area contributed by atoms with Crippen LogP contribution in [0.1, 0.15) is 19.4 Å². The Morgan fingerprint density at radius 1 is 0.895 bits per heavy atom. The lowest BCUT2D eigenvalue weighted by Gasteiger charge is -2.13. The summed E-state index contributed by atoms with van der Waals surface area (Å²) in [6.07, 6.45) is 0. The topological polar surface area (TPSA) is 0 Å². The molecule has 0 spiro atoms. The van der Waals surface area contributed by atoms with Gasteiger partial charge in [0, 0.05) is 15.5 Å². The molecule has 0 nitrogen and oxygen atoms in total. The summed E-state index contributed by atoms with van der Waals surface area (Å²) in [4.78, 5) is 2.18. The second kappa shape index (κ2) is 6.49. The Hall–Kier alpha value is -0.930. The number of thioether (sulfide) groups is 2. The van der Waals surface area contributed by atoms with Crippen molar-refractivity contribution < 1.29 is 4.39 Å². The van der Waals surface area contributed by atoms with Crippen molar-refractivity contribution in [3.8, 4) is 0 Å². The molecule has 0 saturated heterocycles. The van der Waals surface area contributed by atoms with Gasteiger partial charge in [-0.25, -0.2) is 4.39 Å². The van der Waals surface area contributed by atoms with Crippen LogP contribution in [0.2, 0.25) is 0 Å². The second-order valence-corrected chi connectivity index (χ2v) is 7.41. The first-order chi connectivity index (χ1) is 9.03. The number of rotatable bonds is 5. The highest BCUT2D eigenvalue weighted by molar-refractivity contribution is 8.00. The average molecular weight is 292 g/mol. The Kier molecular flexibility index (Phi) is 4.94. The van der Waals surface area contributed by atoms with Crippen molar-refractivity contribution in [2.45, 2.75) is 34.4 Å².